The minimum absolute atomic E-state index is 0.0362. The molecule has 0 aliphatic rings. The molecule has 130 valence electrons. The van der Waals surface area contributed by atoms with E-state index in [0.29, 0.717) is 0 Å². The zero-order chi connectivity index (χ0) is 17.6. The van der Waals surface area contributed by atoms with Crippen LogP contribution in [0.5, 0.6) is 0 Å². The Balaban J connectivity index is 1.77. The van der Waals surface area contributed by atoms with Gasteiger partial charge in [0.1, 0.15) is 12.4 Å². The van der Waals surface area contributed by atoms with Crippen LogP contribution in [0.2, 0.25) is 0 Å². The van der Waals surface area contributed by atoms with E-state index in [9.17, 15) is 22.4 Å². The monoisotopic (exact) mass is 347 g/mol. The lowest BCUT2D eigenvalue weighted by Gasteiger charge is -2.07. The fraction of sp³-hybridized carbons (Fsp3) is 0.357. The molecule has 0 saturated heterocycles. The SMILES string of the molecule is O=C(CCOCC(F)(F)F)NCc1noc(-c2ccccc2F)n1. The minimum atomic E-state index is -4.43. The Morgan fingerprint density at radius 1 is 1.29 bits per heavy atom. The number of halogens is 4. The van der Waals surface area contributed by atoms with Crippen molar-refractivity contribution >= 4 is 5.91 Å². The second kappa shape index (κ2) is 7.86. The molecule has 0 radical (unpaired) electrons. The van der Waals surface area contributed by atoms with Gasteiger partial charge < -0.3 is 14.6 Å². The second-order valence-electron chi connectivity index (χ2n) is 4.69. The molecule has 2 rings (SSSR count). The predicted octanol–water partition coefficient (Wildman–Crippen LogP) is 2.46. The number of carbonyl (C=O) groups is 1. The van der Waals surface area contributed by atoms with Crippen molar-refractivity contribution in [1.82, 2.24) is 15.5 Å². The zero-order valence-corrected chi connectivity index (χ0v) is 12.3. The number of hydrogen-bond acceptors (Lipinski definition) is 5. The third-order valence-electron chi connectivity index (χ3n) is 2.76. The summed E-state index contributed by atoms with van der Waals surface area (Å²) in [5.74, 6) is -0.989. The Labute approximate surface area is 133 Å². The molecule has 1 amide bonds. The average molecular weight is 347 g/mol. The molecule has 6 nitrogen and oxygen atoms in total. The van der Waals surface area contributed by atoms with Crippen molar-refractivity contribution < 1.29 is 31.6 Å². The molecule has 1 aromatic carbocycles. The van der Waals surface area contributed by atoms with E-state index in [0.717, 1.165) is 0 Å². The normalized spacial score (nSPS) is 11.5. The van der Waals surface area contributed by atoms with Gasteiger partial charge in [0.2, 0.25) is 5.91 Å². The molecule has 0 unspecified atom stereocenters. The van der Waals surface area contributed by atoms with Crippen LogP contribution in [0.1, 0.15) is 12.2 Å². The number of nitrogens with zero attached hydrogens (tertiary/aromatic N) is 2. The molecular formula is C14H13F4N3O3. The summed E-state index contributed by atoms with van der Waals surface area (Å²) in [6, 6.07) is 5.81. The maximum absolute atomic E-state index is 13.6. The van der Waals surface area contributed by atoms with Gasteiger partial charge >= 0.3 is 6.18 Å². The zero-order valence-electron chi connectivity index (χ0n) is 12.3. The first-order valence-electron chi connectivity index (χ1n) is 6.84. The topological polar surface area (TPSA) is 77.2 Å². The molecule has 1 N–H and O–H groups in total. The molecule has 1 aromatic heterocycles. The van der Waals surface area contributed by atoms with Crippen molar-refractivity contribution in [3.8, 4) is 11.5 Å². The van der Waals surface area contributed by atoms with Gasteiger partial charge in [-0.15, -0.1) is 0 Å². The largest absolute Gasteiger partial charge is 0.411 e. The Morgan fingerprint density at radius 2 is 2.04 bits per heavy atom. The number of alkyl halides is 3. The van der Waals surface area contributed by atoms with Crippen LogP contribution in [0.3, 0.4) is 0 Å². The van der Waals surface area contributed by atoms with Gasteiger partial charge in [-0.25, -0.2) is 4.39 Å². The van der Waals surface area contributed by atoms with E-state index in [2.05, 4.69) is 20.2 Å². The minimum Gasteiger partial charge on any atom is -0.372 e. The second-order valence-corrected chi connectivity index (χ2v) is 4.69. The highest BCUT2D eigenvalue weighted by Gasteiger charge is 2.27. The molecule has 0 atom stereocenters. The average Bonchev–Trinajstić information content (AvgIpc) is 2.98. The molecule has 0 saturated carbocycles. The fourth-order valence-corrected chi connectivity index (χ4v) is 1.69. The first-order chi connectivity index (χ1) is 11.3. The van der Waals surface area contributed by atoms with Crippen molar-refractivity contribution in [2.24, 2.45) is 0 Å². The van der Waals surface area contributed by atoms with Gasteiger partial charge in [-0.1, -0.05) is 17.3 Å². The summed E-state index contributed by atoms with van der Waals surface area (Å²) in [5.41, 5.74) is 0.128. The third-order valence-corrected chi connectivity index (χ3v) is 2.76. The quantitative estimate of drug-likeness (QED) is 0.615. The smallest absolute Gasteiger partial charge is 0.372 e. The van der Waals surface area contributed by atoms with Gasteiger partial charge in [0.15, 0.2) is 5.82 Å². The number of ether oxygens (including phenoxy) is 1. The molecule has 0 aliphatic heterocycles. The van der Waals surface area contributed by atoms with E-state index in [1.165, 1.54) is 18.2 Å². The van der Waals surface area contributed by atoms with Gasteiger partial charge in [-0.3, -0.25) is 4.79 Å². The molecule has 0 bridgehead atoms. The number of aromatic nitrogens is 2. The highest BCUT2D eigenvalue weighted by molar-refractivity contribution is 5.75. The molecular weight excluding hydrogens is 334 g/mol. The highest BCUT2D eigenvalue weighted by atomic mass is 19.4. The van der Waals surface area contributed by atoms with E-state index in [1.54, 1.807) is 6.07 Å². The van der Waals surface area contributed by atoms with Gasteiger partial charge in [0.05, 0.1) is 18.7 Å². The van der Waals surface area contributed by atoms with Crippen LogP contribution >= 0.6 is 0 Å². The molecule has 2 aromatic rings. The Morgan fingerprint density at radius 3 is 2.75 bits per heavy atom. The lowest BCUT2D eigenvalue weighted by atomic mass is 10.2. The van der Waals surface area contributed by atoms with Crippen molar-refractivity contribution in [3.05, 3.63) is 35.9 Å². The Bertz CT molecular complexity index is 688. The van der Waals surface area contributed by atoms with Crippen LogP contribution in [0.15, 0.2) is 28.8 Å². The van der Waals surface area contributed by atoms with Crippen molar-refractivity contribution in [1.29, 1.82) is 0 Å². The van der Waals surface area contributed by atoms with Crippen LogP contribution in [0.4, 0.5) is 17.6 Å². The summed E-state index contributed by atoms with van der Waals surface area (Å²) < 4.78 is 58.3. The van der Waals surface area contributed by atoms with Gasteiger partial charge in [0.25, 0.3) is 5.89 Å². The number of nitrogens with one attached hydrogen (secondary N) is 1. The first kappa shape index (κ1) is 17.9. The van der Waals surface area contributed by atoms with Crippen LogP contribution in [0, 0.1) is 5.82 Å². The molecule has 10 heteroatoms. The van der Waals surface area contributed by atoms with Crippen LogP contribution in [-0.4, -0.2) is 35.4 Å². The third kappa shape index (κ3) is 5.61. The fourth-order valence-electron chi connectivity index (χ4n) is 1.69. The molecule has 1 heterocycles. The number of amides is 1. The molecule has 0 aliphatic carbocycles. The summed E-state index contributed by atoms with van der Waals surface area (Å²) in [6.07, 6.45) is -4.67. The van der Waals surface area contributed by atoms with Crippen LogP contribution < -0.4 is 5.32 Å². The number of benzene rings is 1. The lowest BCUT2D eigenvalue weighted by molar-refractivity contribution is -0.174. The summed E-state index contributed by atoms with van der Waals surface area (Å²) in [7, 11) is 0. The van der Waals surface area contributed by atoms with E-state index in [1.807, 2.05) is 0 Å². The van der Waals surface area contributed by atoms with Gasteiger partial charge in [-0.2, -0.15) is 18.2 Å². The summed E-state index contributed by atoms with van der Waals surface area (Å²) in [6.45, 7) is -1.87. The molecule has 24 heavy (non-hydrogen) atoms. The van der Waals surface area contributed by atoms with Crippen molar-refractivity contribution in [2.45, 2.75) is 19.1 Å². The summed E-state index contributed by atoms with van der Waals surface area (Å²) in [4.78, 5) is 15.4. The Kier molecular flexibility index (Phi) is 5.85. The maximum Gasteiger partial charge on any atom is 0.411 e. The van der Waals surface area contributed by atoms with Crippen LogP contribution in [-0.2, 0) is 16.1 Å². The van der Waals surface area contributed by atoms with Crippen LogP contribution in [0.25, 0.3) is 11.5 Å². The molecule has 0 fully saturated rings. The Hall–Kier alpha value is -2.49. The highest BCUT2D eigenvalue weighted by Crippen LogP contribution is 2.20. The number of carbonyl (C=O) groups excluding carboxylic acids is 1. The lowest BCUT2D eigenvalue weighted by Crippen LogP contribution is -2.25. The van der Waals surface area contributed by atoms with Gasteiger partial charge in [0, 0.05) is 6.42 Å². The standard InChI is InChI=1S/C14H13F4N3O3/c15-10-4-2-1-3-9(10)13-20-11(21-24-13)7-19-12(22)5-6-23-8-14(16,17)18/h1-4H,5-8H2,(H,19,22). The molecule has 0 spiro atoms. The van der Waals surface area contributed by atoms with E-state index < -0.39 is 24.5 Å². The predicted molar refractivity (Wildman–Crippen MR) is 73.0 cm³/mol. The van der Waals surface area contributed by atoms with E-state index in [-0.39, 0.29) is 36.9 Å². The van der Waals surface area contributed by atoms with Gasteiger partial charge in [-0.05, 0) is 12.1 Å². The maximum atomic E-state index is 13.6. The van der Waals surface area contributed by atoms with Crippen molar-refractivity contribution in [3.63, 3.8) is 0 Å². The summed E-state index contributed by atoms with van der Waals surface area (Å²) >= 11 is 0. The van der Waals surface area contributed by atoms with E-state index in [4.69, 9.17) is 4.52 Å². The number of rotatable bonds is 7. The summed E-state index contributed by atoms with van der Waals surface area (Å²) in [5, 5.41) is 5.98. The van der Waals surface area contributed by atoms with E-state index >= 15 is 0 Å². The number of hydrogen-bond donors (Lipinski definition) is 1. The first-order valence-corrected chi connectivity index (χ1v) is 6.84. The van der Waals surface area contributed by atoms with Crippen molar-refractivity contribution in [2.75, 3.05) is 13.2 Å².